The van der Waals surface area contributed by atoms with Crippen molar-refractivity contribution >= 4 is 15.9 Å². The molecule has 0 amide bonds. The minimum Gasteiger partial charge on any atom is -0.497 e. The fraction of sp³-hybridized carbons (Fsp3) is 0.571. The van der Waals surface area contributed by atoms with Gasteiger partial charge in [-0.15, -0.1) is 0 Å². The lowest BCUT2D eigenvalue weighted by atomic mass is 9.90. The van der Waals surface area contributed by atoms with Crippen LogP contribution in [0.2, 0.25) is 0 Å². The Morgan fingerprint density at radius 1 is 1.35 bits per heavy atom. The standard InChI is InChI=1S/C14H19BrO2/c1-10-9-12(16-2)3-4-13(10)14(15)11-5-7-17-8-6-11/h3-4,9,11,14H,5-8H2,1-2H3. The molecule has 1 aliphatic rings. The van der Waals surface area contributed by atoms with E-state index in [1.54, 1.807) is 7.11 Å². The van der Waals surface area contributed by atoms with Gasteiger partial charge in [-0.1, -0.05) is 22.0 Å². The third-order valence-corrected chi connectivity index (χ3v) is 4.69. The smallest absolute Gasteiger partial charge is 0.119 e. The van der Waals surface area contributed by atoms with E-state index < -0.39 is 0 Å². The Kier molecular flexibility index (Phi) is 4.46. The molecular weight excluding hydrogens is 280 g/mol. The predicted molar refractivity (Wildman–Crippen MR) is 72.9 cm³/mol. The van der Waals surface area contributed by atoms with Crippen molar-refractivity contribution in [3.63, 3.8) is 0 Å². The zero-order valence-corrected chi connectivity index (χ0v) is 12.0. The Morgan fingerprint density at radius 3 is 2.65 bits per heavy atom. The first-order valence-corrected chi connectivity index (χ1v) is 7.00. The van der Waals surface area contributed by atoms with E-state index in [0.717, 1.165) is 31.8 Å². The van der Waals surface area contributed by atoms with Gasteiger partial charge in [-0.25, -0.2) is 0 Å². The van der Waals surface area contributed by atoms with Gasteiger partial charge in [-0.2, -0.15) is 0 Å². The number of benzene rings is 1. The SMILES string of the molecule is COc1ccc(C(Br)C2CCOCC2)c(C)c1. The van der Waals surface area contributed by atoms with Gasteiger partial charge in [0, 0.05) is 18.0 Å². The normalized spacial score (nSPS) is 19.0. The van der Waals surface area contributed by atoms with Crippen LogP contribution in [0, 0.1) is 12.8 Å². The lowest BCUT2D eigenvalue weighted by Crippen LogP contribution is -2.19. The maximum Gasteiger partial charge on any atom is 0.119 e. The van der Waals surface area contributed by atoms with Crippen molar-refractivity contribution in [1.82, 2.24) is 0 Å². The van der Waals surface area contributed by atoms with E-state index in [0.29, 0.717) is 10.7 Å². The number of alkyl halides is 1. The summed E-state index contributed by atoms with van der Waals surface area (Å²) in [5.41, 5.74) is 2.66. The number of halogens is 1. The van der Waals surface area contributed by atoms with Crippen LogP contribution in [-0.4, -0.2) is 20.3 Å². The van der Waals surface area contributed by atoms with Crippen molar-refractivity contribution in [3.8, 4) is 5.75 Å². The van der Waals surface area contributed by atoms with Crippen molar-refractivity contribution in [1.29, 1.82) is 0 Å². The van der Waals surface area contributed by atoms with Crippen LogP contribution in [-0.2, 0) is 4.74 Å². The van der Waals surface area contributed by atoms with Gasteiger partial charge < -0.3 is 9.47 Å². The molecule has 0 N–H and O–H groups in total. The molecule has 0 radical (unpaired) electrons. The summed E-state index contributed by atoms with van der Waals surface area (Å²) in [5.74, 6) is 1.61. The predicted octanol–water partition coefficient (Wildman–Crippen LogP) is 3.87. The molecule has 1 aromatic rings. The van der Waals surface area contributed by atoms with Crippen LogP contribution in [0.4, 0.5) is 0 Å². The molecule has 1 heterocycles. The summed E-state index contributed by atoms with van der Waals surface area (Å²) in [6, 6.07) is 6.31. The highest BCUT2D eigenvalue weighted by molar-refractivity contribution is 9.09. The largest absolute Gasteiger partial charge is 0.497 e. The summed E-state index contributed by atoms with van der Waals surface area (Å²) >= 11 is 3.85. The second-order valence-corrected chi connectivity index (χ2v) is 5.56. The Hall–Kier alpha value is -0.540. The van der Waals surface area contributed by atoms with Crippen molar-refractivity contribution in [2.24, 2.45) is 5.92 Å². The van der Waals surface area contributed by atoms with E-state index in [1.807, 2.05) is 6.07 Å². The van der Waals surface area contributed by atoms with Crippen LogP contribution in [0.3, 0.4) is 0 Å². The Bertz CT molecular complexity index is 372. The third kappa shape index (κ3) is 3.02. The fourth-order valence-electron chi connectivity index (χ4n) is 2.35. The molecule has 94 valence electrons. The molecule has 3 heteroatoms. The van der Waals surface area contributed by atoms with E-state index >= 15 is 0 Å². The summed E-state index contributed by atoms with van der Waals surface area (Å²) < 4.78 is 10.7. The lowest BCUT2D eigenvalue weighted by molar-refractivity contribution is 0.0661. The topological polar surface area (TPSA) is 18.5 Å². The summed E-state index contributed by atoms with van der Waals surface area (Å²) in [4.78, 5) is 0.428. The minimum absolute atomic E-state index is 0.428. The molecule has 2 nitrogen and oxygen atoms in total. The first kappa shape index (κ1) is 12.9. The van der Waals surface area contributed by atoms with Gasteiger partial charge in [0.1, 0.15) is 5.75 Å². The molecule has 0 saturated carbocycles. The van der Waals surface area contributed by atoms with Crippen molar-refractivity contribution in [2.75, 3.05) is 20.3 Å². The van der Waals surface area contributed by atoms with Gasteiger partial charge in [-0.05, 0) is 48.9 Å². The van der Waals surface area contributed by atoms with Crippen LogP contribution in [0.1, 0.15) is 28.8 Å². The molecule has 1 atom stereocenters. The second kappa shape index (κ2) is 5.87. The number of hydrogen-bond donors (Lipinski definition) is 0. The molecule has 2 rings (SSSR count). The van der Waals surface area contributed by atoms with Crippen LogP contribution < -0.4 is 4.74 Å². The molecule has 0 aliphatic carbocycles. The highest BCUT2D eigenvalue weighted by Gasteiger charge is 2.24. The quantitative estimate of drug-likeness (QED) is 0.789. The summed E-state index contributed by atoms with van der Waals surface area (Å²) in [6.45, 7) is 3.93. The van der Waals surface area contributed by atoms with Gasteiger partial charge in [0.05, 0.1) is 7.11 Å². The maximum absolute atomic E-state index is 5.41. The monoisotopic (exact) mass is 298 g/mol. The molecular formula is C14H19BrO2. The fourth-order valence-corrected chi connectivity index (χ4v) is 3.39. The van der Waals surface area contributed by atoms with Gasteiger partial charge in [0.2, 0.25) is 0 Å². The van der Waals surface area contributed by atoms with Crippen LogP contribution in [0.15, 0.2) is 18.2 Å². The minimum atomic E-state index is 0.428. The van der Waals surface area contributed by atoms with Gasteiger partial charge in [-0.3, -0.25) is 0 Å². The zero-order valence-electron chi connectivity index (χ0n) is 10.4. The molecule has 0 spiro atoms. The second-order valence-electron chi connectivity index (χ2n) is 4.57. The number of aryl methyl sites for hydroxylation is 1. The van der Waals surface area contributed by atoms with Crippen LogP contribution in [0.5, 0.6) is 5.75 Å². The highest BCUT2D eigenvalue weighted by atomic mass is 79.9. The zero-order chi connectivity index (χ0) is 12.3. The van der Waals surface area contributed by atoms with E-state index in [9.17, 15) is 0 Å². The summed E-state index contributed by atoms with van der Waals surface area (Å²) in [5, 5.41) is 0. The summed E-state index contributed by atoms with van der Waals surface area (Å²) in [6.07, 6.45) is 2.28. The Morgan fingerprint density at radius 2 is 2.06 bits per heavy atom. The number of rotatable bonds is 3. The highest BCUT2D eigenvalue weighted by Crippen LogP contribution is 2.39. The van der Waals surface area contributed by atoms with Crippen molar-refractivity contribution in [2.45, 2.75) is 24.6 Å². The van der Waals surface area contributed by atoms with E-state index in [4.69, 9.17) is 9.47 Å². The van der Waals surface area contributed by atoms with Gasteiger partial charge in [0.15, 0.2) is 0 Å². The molecule has 1 saturated heterocycles. The third-order valence-electron chi connectivity index (χ3n) is 3.45. The van der Waals surface area contributed by atoms with Crippen LogP contribution >= 0.6 is 15.9 Å². The number of ether oxygens (including phenoxy) is 2. The molecule has 17 heavy (non-hydrogen) atoms. The molecule has 1 aromatic carbocycles. The average molecular weight is 299 g/mol. The Labute approximate surface area is 111 Å². The molecule has 1 aliphatic heterocycles. The van der Waals surface area contributed by atoms with Crippen molar-refractivity contribution in [3.05, 3.63) is 29.3 Å². The lowest BCUT2D eigenvalue weighted by Gasteiger charge is -2.27. The van der Waals surface area contributed by atoms with Gasteiger partial charge >= 0.3 is 0 Å². The number of hydrogen-bond acceptors (Lipinski definition) is 2. The van der Waals surface area contributed by atoms with Crippen LogP contribution in [0.25, 0.3) is 0 Å². The number of methoxy groups -OCH3 is 1. The first-order chi connectivity index (χ1) is 8.22. The van der Waals surface area contributed by atoms with Gasteiger partial charge in [0.25, 0.3) is 0 Å². The average Bonchev–Trinajstić information content (AvgIpc) is 2.39. The van der Waals surface area contributed by atoms with E-state index in [1.165, 1.54) is 11.1 Å². The molecule has 1 unspecified atom stereocenters. The molecule has 0 aromatic heterocycles. The molecule has 1 fully saturated rings. The maximum atomic E-state index is 5.41. The summed E-state index contributed by atoms with van der Waals surface area (Å²) in [7, 11) is 1.71. The van der Waals surface area contributed by atoms with E-state index in [-0.39, 0.29) is 0 Å². The Balaban J connectivity index is 2.15. The van der Waals surface area contributed by atoms with Crippen molar-refractivity contribution < 1.29 is 9.47 Å². The van der Waals surface area contributed by atoms with E-state index in [2.05, 4.69) is 35.0 Å². The first-order valence-electron chi connectivity index (χ1n) is 6.08. The molecule has 0 bridgehead atoms.